The van der Waals surface area contributed by atoms with Gasteiger partial charge in [-0.2, -0.15) is 0 Å². The summed E-state index contributed by atoms with van der Waals surface area (Å²) in [6.45, 7) is 6.66. The molecule has 0 atom stereocenters. The van der Waals surface area contributed by atoms with Gasteiger partial charge in [0.05, 0.1) is 6.54 Å². The van der Waals surface area contributed by atoms with Gasteiger partial charge in [-0.15, -0.1) is 0 Å². The lowest BCUT2D eigenvalue weighted by Gasteiger charge is -2.11. The van der Waals surface area contributed by atoms with E-state index in [4.69, 9.17) is 21.1 Å². The molecule has 24 heavy (non-hydrogen) atoms. The number of hydrogen-bond donors (Lipinski definition) is 1. The quantitative estimate of drug-likeness (QED) is 0.774. The largest absolute Gasteiger partial charge is 0.492 e. The number of halogens is 1. The van der Waals surface area contributed by atoms with Crippen molar-refractivity contribution in [2.24, 2.45) is 0 Å². The highest BCUT2D eigenvalue weighted by atomic mass is 35.5. The van der Waals surface area contributed by atoms with Gasteiger partial charge in [0, 0.05) is 5.02 Å². The third kappa shape index (κ3) is 5.46. The van der Waals surface area contributed by atoms with Gasteiger partial charge in [-0.05, 0) is 56.2 Å². The second-order valence-electron chi connectivity index (χ2n) is 5.67. The molecule has 4 nitrogen and oxygen atoms in total. The zero-order valence-electron chi connectivity index (χ0n) is 14.2. The number of rotatable bonds is 7. The predicted molar refractivity (Wildman–Crippen MR) is 96.1 cm³/mol. The van der Waals surface area contributed by atoms with E-state index >= 15 is 0 Å². The average Bonchev–Trinajstić information content (AvgIpc) is 2.56. The van der Waals surface area contributed by atoms with Crippen molar-refractivity contribution in [2.75, 3.05) is 19.8 Å². The molecule has 0 saturated carbocycles. The Labute approximate surface area is 147 Å². The third-order valence-corrected chi connectivity index (χ3v) is 4.09. The fourth-order valence-electron chi connectivity index (χ4n) is 2.18. The molecule has 0 aliphatic rings. The van der Waals surface area contributed by atoms with Crippen LogP contribution in [0.2, 0.25) is 5.02 Å². The minimum Gasteiger partial charge on any atom is -0.492 e. The van der Waals surface area contributed by atoms with Gasteiger partial charge >= 0.3 is 0 Å². The number of ether oxygens (including phenoxy) is 2. The van der Waals surface area contributed by atoms with Gasteiger partial charge in [-0.1, -0.05) is 29.3 Å². The summed E-state index contributed by atoms with van der Waals surface area (Å²) in [7, 11) is 0. The van der Waals surface area contributed by atoms with Gasteiger partial charge in [0.15, 0.2) is 6.61 Å². The average molecular weight is 348 g/mol. The van der Waals surface area contributed by atoms with Gasteiger partial charge in [0.2, 0.25) is 0 Å². The van der Waals surface area contributed by atoms with Gasteiger partial charge in [0.1, 0.15) is 18.1 Å². The van der Waals surface area contributed by atoms with Gasteiger partial charge < -0.3 is 14.8 Å². The Balaban J connectivity index is 1.68. The van der Waals surface area contributed by atoms with Crippen LogP contribution in [0.3, 0.4) is 0 Å². The number of carbonyl (C=O) groups is 1. The van der Waals surface area contributed by atoms with Crippen LogP contribution >= 0.6 is 11.6 Å². The number of aryl methyl sites for hydroxylation is 3. The van der Waals surface area contributed by atoms with Gasteiger partial charge in [-0.3, -0.25) is 4.79 Å². The van der Waals surface area contributed by atoms with E-state index < -0.39 is 0 Å². The number of nitrogens with one attached hydrogen (secondary N) is 1. The Morgan fingerprint density at radius 2 is 1.62 bits per heavy atom. The Hall–Kier alpha value is -2.20. The number of hydrogen-bond acceptors (Lipinski definition) is 3. The fraction of sp³-hybridized carbons (Fsp3) is 0.316. The van der Waals surface area contributed by atoms with Crippen LogP contribution in [0, 0.1) is 20.8 Å². The molecule has 0 aromatic heterocycles. The van der Waals surface area contributed by atoms with Crippen molar-refractivity contribution >= 4 is 17.5 Å². The first-order valence-electron chi connectivity index (χ1n) is 7.81. The summed E-state index contributed by atoms with van der Waals surface area (Å²) in [6.07, 6.45) is 0. The summed E-state index contributed by atoms with van der Waals surface area (Å²) in [6, 6.07) is 11.3. The van der Waals surface area contributed by atoms with Crippen LogP contribution in [0.4, 0.5) is 0 Å². The highest BCUT2D eigenvalue weighted by Crippen LogP contribution is 2.25. The molecule has 0 aliphatic heterocycles. The van der Waals surface area contributed by atoms with Crippen molar-refractivity contribution in [1.29, 1.82) is 0 Å². The van der Waals surface area contributed by atoms with Crippen LogP contribution in [0.15, 0.2) is 36.4 Å². The lowest BCUT2D eigenvalue weighted by atomic mass is 10.1. The molecule has 2 aromatic carbocycles. The van der Waals surface area contributed by atoms with Gasteiger partial charge in [0.25, 0.3) is 5.91 Å². The molecule has 0 aliphatic carbocycles. The van der Waals surface area contributed by atoms with Crippen LogP contribution in [-0.2, 0) is 4.79 Å². The molecule has 2 aromatic rings. The standard InChI is InChI=1S/C19H22ClNO3/c1-13-4-6-16(7-5-13)24-12-18(22)21-8-9-23-17-10-14(2)19(20)15(3)11-17/h4-7,10-11H,8-9,12H2,1-3H3,(H,21,22). The molecule has 0 fully saturated rings. The van der Waals surface area contributed by atoms with Crippen LogP contribution in [-0.4, -0.2) is 25.7 Å². The van der Waals surface area contributed by atoms with Gasteiger partial charge in [-0.25, -0.2) is 0 Å². The molecule has 1 amide bonds. The Kier molecular flexibility index (Phi) is 6.50. The Morgan fingerprint density at radius 1 is 1.00 bits per heavy atom. The predicted octanol–water partition coefficient (Wildman–Crippen LogP) is 3.84. The topological polar surface area (TPSA) is 47.6 Å². The smallest absolute Gasteiger partial charge is 0.258 e. The van der Waals surface area contributed by atoms with Crippen LogP contribution in [0.1, 0.15) is 16.7 Å². The van der Waals surface area contributed by atoms with Crippen LogP contribution < -0.4 is 14.8 Å². The third-order valence-electron chi connectivity index (χ3n) is 3.49. The maximum atomic E-state index is 11.7. The van der Waals surface area contributed by atoms with E-state index in [9.17, 15) is 4.79 Å². The molecule has 0 radical (unpaired) electrons. The molecule has 0 saturated heterocycles. The maximum absolute atomic E-state index is 11.7. The summed E-state index contributed by atoms with van der Waals surface area (Å²) in [4.78, 5) is 11.7. The lowest BCUT2D eigenvalue weighted by Crippen LogP contribution is -2.32. The molecular formula is C19H22ClNO3. The fourth-order valence-corrected chi connectivity index (χ4v) is 2.29. The lowest BCUT2D eigenvalue weighted by molar-refractivity contribution is -0.123. The first-order valence-corrected chi connectivity index (χ1v) is 8.19. The minimum atomic E-state index is -0.178. The molecule has 0 spiro atoms. The summed E-state index contributed by atoms with van der Waals surface area (Å²) in [5.41, 5.74) is 3.10. The van der Waals surface area contributed by atoms with E-state index in [0.717, 1.165) is 27.5 Å². The van der Waals surface area contributed by atoms with E-state index in [2.05, 4.69) is 5.32 Å². The number of carbonyl (C=O) groups excluding carboxylic acids is 1. The van der Waals surface area contributed by atoms with E-state index in [1.54, 1.807) is 0 Å². The highest BCUT2D eigenvalue weighted by Gasteiger charge is 2.05. The summed E-state index contributed by atoms with van der Waals surface area (Å²) >= 11 is 6.12. The Bertz CT molecular complexity index is 675. The maximum Gasteiger partial charge on any atom is 0.258 e. The molecule has 0 bridgehead atoms. The molecule has 0 heterocycles. The van der Waals surface area contributed by atoms with E-state index in [1.165, 1.54) is 0 Å². The number of benzene rings is 2. The van der Waals surface area contributed by atoms with E-state index in [0.29, 0.717) is 18.9 Å². The van der Waals surface area contributed by atoms with E-state index in [-0.39, 0.29) is 12.5 Å². The van der Waals surface area contributed by atoms with Crippen LogP contribution in [0.25, 0.3) is 0 Å². The molecule has 128 valence electrons. The second-order valence-corrected chi connectivity index (χ2v) is 6.05. The van der Waals surface area contributed by atoms with Crippen molar-refractivity contribution < 1.29 is 14.3 Å². The minimum absolute atomic E-state index is 0.0117. The van der Waals surface area contributed by atoms with Crippen molar-refractivity contribution in [2.45, 2.75) is 20.8 Å². The molecule has 5 heteroatoms. The summed E-state index contributed by atoms with van der Waals surface area (Å²) < 4.78 is 11.1. The first-order chi connectivity index (χ1) is 11.5. The molecular weight excluding hydrogens is 326 g/mol. The zero-order chi connectivity index (χ0) is 17.5. The molecule has 1 N–H and O–H groups in total. The normalized spacial score (nSPS) is 10.3. The molecule has 0 unspecified atom stereocenters. The van der Waals surface area contributed by atoms with Crippen molar-refractivity contribution in [3.05, 3.63) is 58.1 Å². The SMILES string of the molecule is Cc1ccc(OCC(=O)NCCOc2cc(C)c(Cl)c(C)c2)cc1. The molecule has 2 rings (SSSR count). The number of amides is 1. The Morgan fingerprint density at radius 3 is 2.25 bits per heavy atom. The highest BCUT2D eigenvalue weighted by molar-refractivity contribution is 6.32. The van der Waals surface area contributed by atoms with Crippen molar-refractivity contribution in [3.8, 4) is 11.5 Å². The zero-order valence-corrected chi connectivity index (χ0v) is 14.9. The first kappa shape index (κ1) is 18.1. The monoisotopic (exact) mass is 347 g/mol. The van der Waals surface area contributed by atoms with Crippen molar-refractivity contribution in [1.82, 2.24) is 5.32 Å². The summed E-state index contributed by atoms with van der Waals surface area (Å²) in [5.74, 6) is 1.25. The van der Waals surface area contributed by atoms with Crippen LogP contribution in [0.5, 0.6) is 11.5 Å². The van der Waals surface area contributed by atoms with E-state index in [1.807, 2.05) is 57.2 Å². The van der Waals surface area contributed by atoms with Crippen molar-refractivity contribution in [3.63, 3.8) is 0 Å². The second kappa shape index (κ2) is 8.60. The summed E-state index contributed by atoms with van der Waals surface area (Å²) in [5, 5.41) is 3.51.